The summed E-state index contributed by atoms with van der Waals surface area (Å²) in [6, 6.07) is 12.8. The van der Waals surface area contributed by atoms with Crippen molar-refractivity contribution in [3.63, 3.8) is 0 Å². The molecule has 0 radical (unpaired) electrons. The molecule has 2 rings (SSSR count). The summed E-state index contributed by atoms with van der Waals surface area (Å²) in [6.45, 7) is 0. The normalized spacial score (nSPS) is 10.7. The zero-order valence-electron chi connectivity index (χ0n) is 10.2. The maximum absolute atomic E-state index is 6.01. The fraction of sp³-hybridized carbons (Fsp3) is 0.0714. The highest BCUT2D eigenvalue weighted by molar-refractivity contribution is 6.32. The Bertz CT molecular complexity index is 600. The molecule has 0 fully saturated rings. The number of hydrogen-bond donors (Lipinski definition) is 1. The molecule has 0 bridgehead atoms. The number of rotatable bonds is 4. The molecule has 0 heterocycles. The molecule has 3 nitrogen and oxygen atoms in total. The molecule has 5 heteroatoms. The summed E-state index contributed by atoms with van der Waals surface area (Å²) >= 11 is 11.9. The summed E-state index contributed by atoms with van der Waals surface area (Å²) < 4.78 is 5.07. The minimum absolute atomic E-state index is 0.533. The van der Waals surface area contributed by atoms with E-state index in [1.807, 2.05) is 30.3 Å². The van der Waals surface area contributed by atoms with Crippen molar-refractivity contribution in [2.75, 3.05) is 12.5 Å². The first-order valence-corrected chi connectivity index (χ1v) is 6.33. The molecule has 0 aromatic heterocycles. The smallest absolute Gasteiger partial charge is 0.137 e. The van der Waals surface area contributed by atoms with Crippen molar-refractivity contribution in [2.45, 2.75) is 0 Å². The predicted octanol–water partition coefficient (Wildman–Crippen LogP) is 4.45. The van der Waals surface area contributed by atoms with E-state index in [0.717, 1.165) is 11.3 Å². The Morgan fingerprint density at radius 2 is 2.00 bits per heavy atom. The van der Waals surface area contributed by atoms with Crippen molar-refractivity contribution in [2.24, 2.45) is 5.10 Å². The van der Waals surface area contributed by atoms with E-state index in [2.05, 4.69) is 10.5 Å². The zero-order valence-corrected chi connectivity index (χ0v) is 11.7. The summed E-state index contributed by atoms with van der Waals surface area (Å²) in [7, 11) is 1.58. The van der Waals surface area contributed by atoms with Gasteiger partial charge in [0.25, 0.3) is 0 Å². The molecule has 0 aliphatic heterocycles. The van der Waals surface area contributed by atoms with Crippen LogP contribution in [0.3, 0.4) is 0 Å². The zero-order chi connectivity index (χ0) is 13.7. The van der Waals surface area contributed by atoms with Crippen molar-refractivity contribution >= 4 is 35.1 Å². The molecular weight excluding hydrogens is 283 g/mol. The largest absolute Gasteiger partial charge is 0.495 e. The Morgan fingerprint density at radius 1 is 1.16 bits per heavy atom. The maximum atomic E-state index is 6.01. The van der Waals surface area contributed by atoms with Crippen LogP contribution in [0.4, 0.5) is 5.69 Å². The first kappa shape index (κ1) is 13.7. The van der Waals surface area contributed by atoms with Crippen LogP contribution < -0.4 is 10.2 Å². The van der Waals surface area contributed by atoms with E-state index >= 15 is 0 Å². The predicted molar refractivity (Wildman–Crippen MR) is 80.7 cm³/mol. The molecule has 0 spiro atoms. The number of benzene rings is 2. The van der Waals surface area contributed by atoms with E-state index in [1.54, 1.807) is 25.5 Å². The Hall–Kier alpha value is -1.71. The summed E-state index contributed by atoms with van der Waals surface area (Å²) in [6.07, 6.45) is 1.68. The minimum Gasteiger partial charge on any atom is -0.495 e. The average molecular weight is 295 g/mol. The van der Waals surface area contributed by atoms with Gasteiger partial charge in [0.1, 0.15) is 5.75 Å². The minimum atomic E-state index is 0.533. The van der Waals surface area contributed by atoms with E-state index in [1.165, 1.54) is 0 Å². The molecule has 19 heavy (non-hydrogen) atoms. The molecule has 0 saturated heterocycles. The van der Waals surface area contributed by atoms with Gasteiger partial charge in [0, 0.05) is 5.02 Å². The maximum Gasteiger partial charge on any atom is 0.137 e. The Kier molecular flexibility index (Phi) is 4.66. The highest BCUT2D eigenvalue weighted by atomic mass is 35.5. The average Bonchev–Trinajstić information content (AvgIpc) is 2.39. The van der Waals surface area contributed by atoms with Crippen LogP contribution >= 0.6 is 23.2 Å². The Balaban J connectivity index is 2.04. The number of anilines is 1. The number of hydrogen-bond acceptors (Lipinski definition) is 3. The number of nitrogens with zero attached hydrogens (tertiary/aromatic N) is 1. The fourth-order valence-corrected chi connectivity index (χ4v) is 1.96. The topological polar surface area (TPSA) is 33.6 Å². The molecule has 0 aliphatic rings. The number of methoxy groups -OCH3 is 1. The van der Waals surface area contributed by atoms with E-state index in [0.29, 0.717) is 15.8 Å². The van der Waals surface area contributed by atoms with Crippen molar-refractivity contribution in [1.29, 1.82) is 0 Å². The van der Waals surface area contributed by atoms with Gasteiger partial charge in [-0.05, 0) is 35.9 Å². The van der Waals surface area contributed by atoms with Crippen molar-refractivity contribution in [3.8, 4) is 5.75 Å². The van der Waals surface area contributed by atoms with Crippen LogP contribution in [0, 0.1) is 0 Å². The van der Waals surface area contributed by atoms with Gasteiger partial charge in [-0.25, -0.2) is 0 Å². The number of ether oxygens (including phenoxy) is 1. The Labute approximate surface area is 121 Å². The standard InChI is InChI=1S/C14H12Cl2N2O/c1-19-14-6-5-12(8-13(14)16)18-17-9-10-3-2-4-11(15)7-10/h2-9,18H,1H3/b17-9+. The van der Waals surface area contributed by atoms with E-state index < -0.39 is 0 Å². The van der Waals surface area contributed by atoms with E-state index in [9.17, 15) is 0 Å². The van der Waals surface area contributed by atoms with Gasteiger partial charge in [-0.2, -0.15) is 5.10 Å². The molecule has 2 aromatic rings. The first-order valence-electron chi connectivity index (χ1n) is 5.57. The van der Waals surface area contributed by atoms with Crippen LogP contribution in [0.1, 0.15) is 5.56 Å². The second kappa shape index (κ2) is 6.45. The van der Waals surface area contributed by atoms with Crippen LogP contribution in [-0.4, -0.2) is 13.3 Å². The molecule has 0 unspecified atom stereocenters. The fourth-order valence-electron chi connectivity index (χ4n) is 1.50. The molecular formula is C14H12Cl2N2O. The molecule has 0 aliphatic carbocycles. The molecule has 98 valence electrons. The number of hydrazone groups is 1. The van der Waals surface area contributed by atoms with Gasteiger partial charge in [-0.15, -0.1) is 0 Å². The summed E-state index contributed by atoms with van der Waals surface area (Å²) in [5, 5.41) is 5.33. The third-order valence-corrected chi connectivity index (χ3v) is 2.94. The van der Waals surface area contributed by atoms with Gasteiger partial charge in [-0.3, -0.25) is 5.43 Å². The van der Waals surface area contributed by atoms with E-state index in [4.69, 9.17) is 27.9 Å². The molecule has 1 N–H and O–H groups in total. The lowest BCUT2D eigenvalue weighted by Crippen LogP contribution is -1.91. The number of halogens is 2. The lowest BCUT2D eigenvalue weighted by Gasteiger charge is -2.05. The lowest BCUT2D eigenvalue weighted by atomic mass is 10.2. The van der Waals surface area contributed by atoms with Gasteiger partial charge < -0.3 is 4.74 Å². The van der Waals surface area contributed by atoms with Gasteiger partial charge >= 0.3 is 0 Å². The second-order valence-electron chi connectivity index (χ2n) is 3.77. The van der Waals surface area contributed by atoms with Gasteiger partial charge in [-0.1, -0.05) is 35.3 Å². The summed E-state index contributed by atoms with van der Waals surface area (Å²) in [4.78, 5) is 0. The summed E-state index contributed by atoms with van der Waals surface area (Å²) in [5.41, 5.74) is 4.59. The SMILES string of the molecule is COc1ccc(N/N=C/c2cccc(Cl)c2)cc1Cl. The third-order valence-electron chi connectivity index (χ3n) is 2.41. The van der Waals surface area contributed by atoms with Crippen molar-refractivity contribution in [3.05, 3.63) is 58.1 Å². The molecule has 0 amide bonds. The van der Waals surface area contributed by atoms with Crippen molar-refractivity contribution in [1.82, 2.24) is 0 Å². The lowest BCUT2D eigenvalue weighted by molar-refractivity contribution is 0.415. The second-order valence-corrected chi connectivity index (χ2v) is 4.62. The third kappa shape index (κ3) is 3.88. The van der Waals surface area contributed by atoms with Crippen LogP contribution in [0.5, 0.6) is 5.75 Å². The highest BCUT2D eigenvalue weighted by Crippen LogP contribution is 2.27. The van der Waals surface area contributed by atoms with E-state index in [-0.39, 0.29) is 0 Å². The Morgan fingerprint density at radius 3 is 2.68 bits per heavy atom. The van der Waals surface area contributed by atoms with Gasteiger partial charge in [0.2, 0.25) is 0 Å². The van der Waals surface area contributed by atoms with Crippen LogP contribution in [0.25, 0.3) is 0 Å². The van der Waals surface area contributed by atoms with Gasteiger partial charge in [0.05, 0.1) is 24.0 Å². The summed E-state index contributed by atoms with van der Waals surface area (Å²) in [5.74, 6) is 0.631. The monoisotopic (exact) mass is 294 g/mol. The van der Waals surface area contributed by atoms with Crippen LogP contribution in [-0.2, 0) is 0 Å². The highest BCUT2D eigenvalue weighted by Gasteiger charge is 2.00. The van der Waals surface area contributed by atoms with Crippen LogP contribution in [0.2, 0.25) is 10.0 Å². The quantitative estimate of drug-likeness (QED) is 0.668. The molecule has 0 atom stereocenters. The molecule has 2 aromatic carbocycles. The van der Waals surface area contributed by atoms with Crippen molar-refractivity contribution < 1.29 is 4.74 Å². The molecule has 0 saturated carbocycles. The first-order chi connectivity index (χ1) is 9.19. The number of nitrogens with one attached hydrogen (secondary N) is 1. The van der Waals surface area contributed by atoms with Gasteiger partial charge in [0.15, 0.2) is 0 Å². The van der Waals surface area contributed by atoms with Crippen LogP contribution in [0.15, 0.2) is 47.6 Å².